The zero-order valence-electron chi connectivity index (χ0n) is 22.4. The molecule has 0 N–H and O–H groups in total. The fourth-order valence-electron chi connectivity index (χ4n) is 2.65. The Kier molecular flexibility index (Phi) is 15.1. The molecule has 36 heavy (non-hydrogen) atoms. The van der Waals surface area contributed by atoms with E-state index in [1.54, 1.807) is 26.4 Å². The van der Waals surface area contributed by atoms with Gasteiger partial charge in [0.15, 0.2) is 0 Å². The summed E-state index contributed by atoms with van der Waals surface area (Å²) in [7, 11) is 3.24. The molecule has 6 nitrogen and oxygen atoms in total. The van der Waals surface area contributed by atoms with E-state index in [0.717, 1.165) is 35.5 Å². The second kappa shape index (κ2) is 17.8. The van der Waals surface area contributed by atoms with Gasteiger partial charge in [0, 0.05) is 12.2 Å². The Bertz CT molecular complexity index is 861. The molecule has 2 aromatic carbocycles. The third-order valence-electron chi connectivity index (χ3n) is 4.93. The maximum atomic E-state index is 11.4. The third-order valence-corrected chi connectivity index (χ3v) is 4.93. The number of rotatable bonds is 12. The Morgan fingerprint density at radius 3 is 1.25 bits per heavy atom. The zero-order valence-corrected chi connectivity index (χ0v) is 22.4. The van der Waals surface area contributed by atoms with Gasteiger partial charge in [-0.05, 0) is 72.2 Å². The Labute approximate surface area is 215 Å². The van der Waals surface area contributed by atoms with E-state index in [4.69, 9.17) is 18.9 Å². The quantitative estimate of drug-likeness (QED) is 0.244. The van der Waals surface area contributed by atoms with Gasteiger partial charge < -0.3 is 18.9 Å². The van der Waals surface area contributed by atoms with Crippen molar-refractivity contribution in [2.24, 2.45) is 11.8 Å². The fourth-order valence-corrected chi connectivity index (χ4v) is 2.65. The van der Waals surface area contributed by atoms with Crippen LogP contribution in [0.1, 0.15) is 51.7 Å². The van der Waals surface area contributed by atoms with E-state index in [-0.39, 0.29) is 11.9 Å². The van der Waals surface area contributed by atoms with Crippen molar-refractivity contribution >= 4 is 24.1 Å². The molecule has 0 aliphatic rings. The van der Waals surface area contributed by atoms with Gasteiger partial charge >= 0.3 is 11.9 Å². The summed E-state index contributed by atoms with van der Waals surface area (Å²) in [6, 6.07) is 14.9. The van der Waals surface area contributed by atoms with Gasteiger partial charge in [-0.1, -0.05) is 52.0 Å². The number of esters is 2. The smallest absolute Gasteiger partial charge is 0.330 e. The highest BCUT2D eigenvalue weighted by atomic mass is 16.5. The Morgan fingerprint density at radius 2 is 0.972 bits per heavy atom. The summed E-state index contributed by atoms with van der Waals surface area (Å²) in [6.07, 6.45) is 8.14. The van der Waals surface area contributed by atoms with Crippen LogP contribution in [0.4, 0.5) is 0 Å². The van der Waals surface area contributed by atoms with Crippen LogP contribution in [0, 0.1) is 11.8 Å². The zero-order chi connectivity index (χ0) is 26.8. The lowest BCUT2D eigenvalue weighted by Gasteiger charge is -2.04. The van der Waals surface area contributed by atoms with Gasteiger partial charge in [0.05, 0.1) is 27.4 Å². The van der Waals surface area contributed by atoms with Crippen LogP contribution in [0.2, 0.25) is 0 Å². The van der Waals surface area contributed by atoms with Crippen molar-refractivity contribution in [1.82, 2.24) is 0 Å². The highest BCUT2D eigenvalue weighted by molar-refractivity contribution is 5.87. The lowest BCUT2D eigenvalue weighted by atomic mass is 10.1. The van der Waals surface area contributed by atoms with Gasteiger partial charge in [-0.15, -0.1) is 0 Å². The molecule has 0 aliphatic heterocycles. The van der Waals surface area contributed by atoms with Crippen LogP contribution in [0.15, 0.2) is 60.7 Å². The van der Waals surface area contributed by atoms with Crippen LogP contribution in [0.3, 0.4) is 0 Å². The van der Waals surface area contributed by atoms with Crippen molar-refractivity contribution in [2.45, 2.75) is 40.5 Å². The molecule has 0 unspecified atom stereocenters. The number of hydrogen-bond donors (Lipinski definition) is 0. The first kappa shape index (κ1) is 30.5. The Morgan fingerprint density at radius 1 is 0.639 bits per heavy atom. The van der Waals surface area contributed by atoms with E-state index in [9.17, 15) is 9.59 Å². The third kappa shape index (κ3) is 14.7. The second-order valence-corrected chi connectivity index (χ2v) is 8.91. The van der Waals surface area contributed by atoms with Gasteiger partial charge in [-0.2, -0.15) is 0 Å². The molecule has 0 saturated carbocycles. The van der Waals surface area contributed by atoms with E-state index in [2.05, 4.69) is 27.7 Å². The number of benzene rings is 2. The maximum absolute atomic E-state index is 11.4. The molecule has 6 heteroatoms. The molecular formula is C30H40O6. The van der Waals surface area contributed by atoms with Gasteiger partial charge in [0.1, 0.15) is 11.5 Å². The van der Waals surface area contributed by atoms with Crippen LogP contribution in [-0.4, -0.2) is 39.4 Å². The normalized spacial score (nSPS) is 10.9. The Balaban J connectivity index is 0.000000360. The maximum Gasteiger partial charge on any atom is 0.330 e. The van der Waals surface area contributed by atoms with Crippen molar-refractivity contribution in [2.75, 3.05) is 27.4 Å². The molecule has 0 spiro atoms. The summed E-state index contributed by atoms with van der Waals surface area (Å²) in [5.41, 5.74) is 1.88. The Hall–Kier alpha value is -3.54. The highest BCUT2D eigenvalue weighted by Gasteiger charge is 2.00. The molecule has 0 fully saturated rings. The predicted octanol–water partition coefficient (Wildman–Crippen LogP) is 6.60. The van der Waals surface area contributed by atoms with Crippen molar-refractivity contribution in [3.63, 3.8) is 0 Å². The lowest BCUT2D eigenvalue weighted by molar-refractivity contribution is -0.138. The summed E-state index contributed by atoms with van der Waals surface area (Å²) >= 11 is 0. The van der Waals surface area contributed by atoms with Crippen molar-refractivity contribution in [3.8, 4) is 11.5 Å². The van der Waals surface area contributed by atoms with Crippen molar-refractivity contribution in [3.05, 3.63) is 71.8 Å². The molecule has 2 rings (SSSR count). The minimum atomic E-state index is -0.300. The summed E-state index contributed by atoms with van der Waals surface area (Å²) < 4.78 is 20.2. The van der Waals surface area contributed by atoms with Gasteiger partial charge in [-0.3, -0.25) is 0 Å². The first-order chi connectivity index (χ1) is 17.2. The minimum absolute atomic E-state index is 0.300. The highest BCUT2D eigenvalue weighted by Crippen LogP contribution is 2.13. The first-order valence-corrected chi connectivity index (χ1v) is 12.2. The predicted molar refractivity (Wildman–Crippen MR) is 145 cm³/mol. The van der Waals surface area contributed by atoms with Crippen LogP contribution in [0.5, 0.6) is 11.5 Å². The summed E-state index contributed by atoms with van der Waals surface area (Å²) in [5.74, 6) is 2.09. The van der Waals surface area contributed by atoms with E-state index in [0.29, 0.717) is 25.0 Å². The lowest BCUT2D eigenvalue weighted by Crippen LogP contribution is -2.04. The van der Waals surface area contributed by atoms with Crippen molar-refractivity contribution in [1.29, 1.82) is 0 Å². The van der Waals surface area contributed by atoms with Gasteiger partial charge in [0.25, 0.3) is 0 Å². The molecule has 0 amide bonds. The van der Waals surface area contributed by atoms with Gasteiger partial charge in [-0.25, -0.2) is 9.59 Å². The molecule has 0 aliphatic carbocycles. The number of methoxy groups -OCH3 is 2. The van der Waals surface area contributed by atoms with Crippen LogP contribution >= 0.6 is 0 Å². The minimum Gasteiger partial charge on any atom is -0.497 e. The average molecular weight is 497 g/mol. The van der Waals surface area contributed by atoms with Crippen LogP contribution in [-0.2, 0) is 19.1 Å². The van der Waals surface area contributed by atoms with E-state index >= 15 is 0 Å². The number of carbonyl (C=O) groups is 2. The van der Waals surface area contributed by atoms with Crippen LogP contribution in [0.25, 0.3) is 12.2 Å². The topological polar surface area (TPSA) is 71.1 Å². The van der Waals surface area contributed by atoms with Crippen molar-refractivity contribution < 1.29 is 28.5 Å². The molecule has 0 atom stereocenters. The first-order valence-electron chi connectivity index (χ1n) is 12.2. The van der Waals surface area contributed by atoms with E-state index < -0.39 is 0 Å². The number of hydrogen-bond acceptors (Lipinski definition) is 6. The molecule has 0 aromatic heterocycles. The summed E-state index contributed by atoms with van der Waals surface area (Å²) in [6.45, 7) is 9.34. The summed E-state index contributed by atoms with van der Waals surface area (Å²) in [4.78, 5) is 22.8. The van der Waals surface area contributed by atoms with Gasteiger partial charge in [0.2, 0.25) is 0 Å². The van der Waals surface area contributed by atoms with Crippen LogP contribution < -0.4 is 9.47 Å². The molecule has 0 saturated heterocycles. The largest absolute Gasteiger partial charge is 0.497 e. The molecule has 0 heterocycles. The second-order valence-electron chi connectivity index (χ2n) is 8.91. The SMILES string of the molecule is COc1ccc(C=CC(=O)OCCC(C)C)cc1.COc1ccc(C=CC(=O)OCCC(C)C)cc1. The molecular weight excluding hydrogens is 456 g/mol. The summed E-state index contributed by atoms with van der Waals surface area (Å²) in [5, 5.41) is 0. The van der Waals surface area contributed by atoms with E-state index in [1.807, 2.05) is 48.5 Å². The monoisotopic (exact) mass is 496 g/mol. The number of ether oxygens (including phenoxy) is 4. The molecule has 2 aromatic rings. The molecule has 196 valence electrons. The molecule has 0 radical (unpaired) electrons. The standard InChI is InChI=1S/2C15H20O3/c2*1-12(2)10-11-18-15(16)9-6-13-4-7-14(17-3)8-5-13/h2*4-9,12H,10-11H2,1-3H3. The fraction of sp³-hybridized carbons (Fsp3) is 0.400. The number of carbonyl (C=O) groups excluding carboxylic acids is 2. The van der Waals surface area contributed by atoms with E-state index in [1.165, 1.54) is 12.2 Å². The average Bonchev–Trinajstić information content (AvgIpc) is 2.87. The molecule has 0 bridgehead atoms.